The third-order valence-corrected chi connectivity index (χ3v) is 10.0. The maximum Gasteiger partial charge on any atom is -0.00799 e. The van der Waals surface area contributed by atoms with Crippen LogP contribution in [-0.2, 0) is 0 Å². The SMILES string of the molecule is CC1=C(C)C(C)(C)C2(C)C(C)(C)C(C)(C)C2(C)C1(C)C. The molecule has 2 aliphatic carbocycles. The maximum atomic E-state index is 2.57. The van der Waals surface area contributed by atoms with Crippen LogP contribution in [-0.4, -0.2) is 0 Å². The van der Waals surface area contributed by atoms with Gasteiger partial charge in [0.25, 0.3) is 0 Å². The van der Waals surface area contributed by atoms with E-state index in [0.717, 1.165) is 0 Å². The van der Waals surface area contributed by atoms with Gasteiger partial charge in [-0.1, -0.05) is 80.4 Å². The largest absolute Gasteiger partial charge is 0.0676 e. The highest BCUT2D eigenvalue weighted by atomic mass is 14.9. The van der Waals surface area contributed by atoms with Gasteiger partial charge in [0.15, 0.2) is 0 Å². The van der Waals surface area contributed by atoms with Gasteiger partial charge < -0.3 is 0 Å². The van der Waals surface area contributed by atoms with Crippen molar-refractivity contribution in [2.45, 2.75) is 83.1 Å². The molecular weight excluding hydrogens is 240 g/mol. The van der Waals surface area contributed by atoms with Gasteiger partial charge >= 0.3 is 0 Å². The van der Waals surface area contributed by atoms with Gasteiger partial charge in [-0.2, -0.15) is 0 Å². The third kappa shape index (κ3) is 1.02. The van der Waals surface area contributed by atoms with E-state index in [1.165, 1.54) is 0 Å². The van der Waals surface area contributed by atoms with Crippen LogP contribution < -0.4 is 0 Å². The lowest BCUT2D eigenvalue weighted by Crippen LogP contribution is -2.82. The molecule has 2 atom stereocenters. The van der Waals surface area contributed by atoms with Crippen molar-refractivity contribution in [3.8, 4) is 0 Å². The summed E-state index contributed by atoms with van der Waals surface area (Å²) in [6, 6.07) is 0. The normalized spacial score (nSPS) is 43.8. The summed E-state index contributed by atoms with van der Waals surface area (Å²) >= 11 is 0. The minimum absolute atomic E-state index is 0.250. The van der Waals surface area contributed by atoms with Crippen molar-refractivity contribution in [2.75, 3.05) is 0 Å². The first-order chi connectivity index (χ1) is 8.57. The standard InChI is InChI=1S/C20H36/c1-13-14(2)16(5,6)20(12)18(9,10)17(7,8)19(20,11)15(13,3)4/h1-12H3. The van der Waals surface area contributed by atoms with E-state index in [2.05, 4.69) is 83.1 Å². The molecule has 0 heterocycles. The van der Waals surface area contributed by atoms with Gasteiger partial charge in [-0.25, -0.2) is 0 Å². The fraction of sp³-hybridized carbons (Fsp3) is 0.900. The van der Waals surface area contributed by atoms with E-state index in [1.807, 2.05) is 0 Å². The van der Waals surface area contributed by atoms with E-state index in [9.17, 15) is 0 Å². The quantitative estimate of drug-likeness (QED) is 0.445. The van der Waals surface area contributed by atoms with Crippen LogP contribution in [0.25, 0.3) is 0 Å². The van der Waals surface area contributed by atoms with Crippen molar-refractivity contribution in [1.29, 1.82) is 0 Å². The average Bonchev–Trinajstić information content (AvgIpc) is 2.31. The second kappa shape index (κ2) is 3.39. The molecule has 0 radical (unpaired) electrons. The monoisotopic (exact) mass is 276 g/mol. The predicted molar refractivity (Wildman–Crippen MR) is 89.7 cm³/mol. The Morgan fingerprint density at radius 1 is 0.450 bits per heavy atom. The number of rotatable bonds is 0. The smallest absolute Gasteiger partial charge is 0.00799 e. The summed E-state index contributed by atoms with van der Waals surface area (Å²) in [5.74, 6) is 0. The zero-order chi connectivity index (χ0) is 16.2. The summed E-state index contributed by atoms with van der Waals surface area (Å²) in [7, 11) is 0. The summed E-state index contributed by atoms with van der Waals surface area (Å²) in [4.78, 5) is 0. The number of fused-ring (bicyclic) bond motifs is 1. The van der Waals surface area contributed by atoms with Crippen molar-refractivity contribution in [2.24, 2.45) is 32.5 Å². The summed E-state index contributed by atoms with van der Waals surface area (Å²) in [5, 5.41) is 0. The third-order valence-electron chi connectivity index (χ3n) is 10.0. The van der Waals surface area contributed by atoms with Crippen LogP contribution in [0.4, 0.5) is 0 Å². The van der Waals surface area contributed by atoms with Crippen LogP contribution in [0.1, 0.15) is 83.1 Å². The molecule has 0 aromatic carbocycles. The van der Waals surface area contributed by atoms with Gasteiger partial charge in [-0.05, 0) is 46.3 Å². The molecule has 0 bridgehead atoms. The molecule has 0 aromatic heterocycles. The first kappa shape index (κ1) is 16.1. The Kier molecular flexibility index (Phi) is 2.73. The van der Waals surface area contributed by atoms with Crippen molar-refractivity contribution < 1.29 is 0 Å². The molecule has 0 nitrogen and oxygen atoms in total. The first-order valence-electron chi connectivity index (χ1n) is 8.25. The molecule has 0 spiro atoms. The van der Waals surface area contributed by atoms with E-state index >= 15 is 0 Å². The Balaban J connectivity index is 2.93. The van der Waals surface area contributed by atoms with Gasteiger partial charge in [-0.15, -0.1) is 0 Å². The molecule has 0 heteroatoms. The number of hydrogen-bond acceptors (Lipinski definition) is 0. The second-order valence-electron chi connectivity index (χ2n) is 10.0. The molecule has 0 saturated heterocycles. The van der Waals surface area contributed by atoms with Gasteiger partial charge in [0.2, 0.25) is 0 Å². The number of hydrogen-bond donors (Lipinski definition) is 0. The molecule has 2 aliphatic rings. The lowest BCUT2D eigenvalue weighted by molar-refractivity contribution is -0.376. The fourth-order valence-corrected chi connectivity index (χ4v) is 6.94. The Morgan fingerprint density at radius 2 is 0.650 bits per heavy atom. The van der Waals surface area contributed by atoms with E-state index in [1.54, 1.807) is 11.1 Å². The van der Waals surface area contributed by atoms with Crippen LogP contribution in [0.2, 0.25) is 0 Å². The molecule has 0 aromatic rings. The van der Waals surface area contributed by atoms with E-state index in [4.69, 9.17) is 0 Å². The van der Waals surface area contributed by atoms with E-state index in [0.29, 0.717) is 21.7 Å². The molecule has 1 saturated carbocycles. The average molecular weight is 277 g/mol. The molecule has 2 unspecified atom stereocenters. The minimum Gasteiger partial charge on any atom is -0.0676 e. The fourth-order valence-electron chi connectivity index (χ4n) is 6.94. The van der Waals surface area contributed by atoms with Gasteiger partial charge in [0.1, 0.15) is 0 Å². The zero-order valence-corrected chi connectivity index (χ0v) is 16.0. The molecule has 116 valence electrons. The highest BCUT2D eigenvalue weighted by Crippen LogP contribution is 2.89. The second-order valence-corrected chi connectivity index (χ2v) is 10.0. The Bertz CT molecular complexity index is 452. The van der Waals surface area contributed by atoms with Crippen LogP contribution in [0.15, 0.2) is 11.1 Å². The van der Waals surface area contributed by atoms with Crippen molar-refractivity contribution in [3.63, 3.8) is 0 Å². The molecule has 0 amide bonds. The molecular formula is C20H36. The van der Waals surface area contributed by atoms with Gasteiger partial charge in [0, 0.05) is 0 Å². The lowest BCUT2D eigenvalue weighted by atomic mass is 9.16. The van der Waals surface area contributed by atoms with Crippen molar-refractivity contribution in [3.05, 3.63) is 11.1 Å². The maximum absolute atomic E-state index is 2.57. The van der Waals surface area contributed by atoms with Crippen LogP contribution in [0.3, 0.4) is 0 Å². The first-order valence-corrected chi connectivity index (χ1v) is 8.25. The van der Waals surface area contributed by atoms with Crippen LogP contribution >= 0.6 is 0 Å². The number of allylic oxidation sites excluding steroid dienone is 2. The molecule has 1 fully saturated rings. The Labute approximate surface area is 127 Å². The highest BCUT2D eigenvalue weighted by molar-refractivity contribution is 5.43. The van der Waals surface area contributed by atoms with Gasteiger partial charge in [-0.3, -0.25) is 0 Å². The molecule has 0 aliphatic heterocycles. The molecule has 2 rings (SSSR count). The Hall–Kier alpha value is -0.260. The van der Waals surface area contributed by atoms with Crippen molar-refractivity contribution in [1.82, 2.24) is 0 Å². The van der Waals surface area contributed by atoms with Crippen LogP contribution in [0, 0.1) is 32.5 Å². The summed E-state index contributed by atoms with van der Waals surface area (Å²) in [5.41, 5.74) is 5.01. The van der Waals surface area contributed by atoms with Gasteiger partial charge in [0.05, 0.1) is 0 Å². The molecule has 20 heavy (non-hydrogen) atoms. The summed E-state index contributed by atoms with van der Waals surface area (Å²) < 4.78 is 0. The minimum atomic E-state index is 0.250. The van der Waals surface area contributed by atoms with E-state index < -0.39 is 0 Å². The van der Waals surface area contributed by atoms with Crippen molar-refractivity contribution >= 4 is 0 Å². The predicted octanol–water partition coefficient (Wildman–Crippen LogP) is 6.47. The van der Waals surface area contributed by atoms with E-state index in [-0.39, 0.29) is 10.8 Å². The summed E-state index contributed by atoms with van der Waals surface area (Å²) in [6.07, 6.45) is 0. The van der Waals surface area contributed by atoms with Crippen LogP contribution in [0.5, 0.6) is 0 Å². The molecule has 0 N–H and O–H groups in total. The Morgan fingerprint density at radius 3 is 0.850 bits per heavy atom. The zero-order valence-electron chi connectivity index (χ0n) is 16.0. The lowest BCUT2D eigenvalue weighted by Gasteiger charge is -2.87. The summed E-state index contributed by atoms with van der Waals surface area (Å²) in [6.45, 7) is 29.8. The highest BCUT2D eigenvalue weighted by Gasteiger charge is 2.84. The topological polar surface area (TPSA) is 0 Å².